The molecule has 2 aromatic heterocycles. The Bertz CT molecular complexity index is 3160. The number of nitrogens with zero attached hydrogens (tertiary/aromatic N) is 2. The van der Waals surface area contributed by atoms with Crippen molar-refractivity contribution in [3.8, 4) is 44.8 Å². The summed E-state index contributed by atoms with van der Waals surface area (Å²) in [5, 5.41) is 4.47. The molecule has 4 nitrogen and oxygen atoms in total. The predicted octanol–water partition coefficient (Wildman–Crippen LogP) is 15.0. The zero-order valence-electron chi connectivity index (χ0n) is 30.8. The van der Waals surface area contributed by atoms with Gasteiger partial charge in [0.25, 0.3) is 0 Å². The summed E-state index contributed by atoms with van der Waals surface area (Å²) in [6, 6.07) is 72.1. The Morgan fingerprint density at radius 3 is 1.68 bits per heavy atom. The molecule has 0 bridgehead atoms. The first kappa shape index (κ1) is 32.7. The van der Waals surface area contributed by atoms with E-state index in [1.165, 1.54) is 5.39 Å². The molecule has 0 aliphatic carbocycles. The van der Waals surface area contributed by atoms with Crippen molar-refractivity contribution >= 4 is 60.9 Å². The minimum Gasteiger partial charge on any atom is -0.455 e. The molecule has 2 heterocycles. The Morgan fingerprint density at radius 2 is 0.965 bits per heavy atom. The summed E-state index contributed by atoms with van der Waals surface area (Å²) in [6.07, 6.45) is 0. The van der Waals surface area contributed by atoms with E-state index < -0.39 is 0 Å². The van der Waals surface area contributed by atoms with Gasteiger partial charge in [0.15, 0.2) is 5.58 Å². The Hall–Kier alpha value is -7.69. The summed E-state index contributed by atoms with van der Waals surface area (Å²) >= 11 is 0. The fourth-order valence-corrected chi connectivity index (χ4v) is 8.15. The van der Waals surface area contributed by atoms with Gasteiger partial charge < -0.3 is 13.7 Å². The van der Waals surface area contributed by atoms with Crippen LogP contribution in [0.15, 0.2) is 215 Å². The molecule has 0 spiro atoms. The summed E-state index contributed by atoms with van der Waals surface area (Å²) in [6.45, 7) is 0. The number of anilines is 3. The van der Waals surface area contributed by atoms with Gasteiger partial charge in [0, 0.05) is 44.5 Å². The lowest BCUT2D eigenvalue weighted by Gasteiger charge is -2.25. The number of fused-ring (bicyclic) bond motifs is 5. The summed E-state index contributed by atoms with van der Waals surface area (Å²) in [5.74, 6) is 0.616. The van der Waals surface area contributed by atoms with Crippen LogP contribution in [0.2, 0.25) is 0 Å². The maximum atomic E-state index is 6.77. The van der Waals surface area contributed by atoms with E-state index in [1.807, 2.05) is 42.5 Å². The zero-order chi connectivity index (χ0) is 37.7. The summed E-state index contributed by atoms with van der Waals surface area (Å²) < 4.78 is 13.0. The largest absolute Gasteiger partial charge is 0.455 e. The number of hydrogen-bond acceptors (Lipinski definition) is 4. The Kier molecular flexibility index (Phi) is 7.78. The van der Waals surface area contributed by atoms with Gasteiger partial charge in [0.1, 0.15) is 16.7 Å². The fourth-order valence-electron chi connectivity index (χ4n) is 8.15. The van der Waals surface area contributed by atoms with Gasteiger partial charge in [-0.1, -0.05) is 133 Å². The molecular weight excluding hydrogens is 697 g/mol. The molecule has 0 unspecified atom stereocenters. The molecule has 57 heavy (non-hydrogen) atoms. The van der Waals surface area contributed by atoms with Crippen LogP contribution in [0.5, 0.6) is 0 Å². The molecule has 11 aromatic rings. The van der Waals surface area contributed by atoms with Crippen molar-refractivity contribution in [2.75, 3.05) is 4.90 Å². The Balaban J connectivity index is 0.976. The molecule has 0 N–H and O–H groups in total. The third-order valence-electron chi connectivity index (χ3n) is 10.9. The smallest absolute Gasteiger partial charge is 0.227 e. The van der Waals surface area contributed by atoms with Crippen LogP contribution >= 0.6 is 0 Å². The average Bonchev–Trinajstić information content (AvgIpc) is 3.89. The second kappa shape index (κ2) is 13.6. The van der Waals surface area contributed by atoms with Crippen LogP contribution in [0, 0.1) is 0 Å². The van der Waals surface area contributed by atoms with Crippen LogP contribution in [0.1, 0.15) is 0 Å². The van der Waals surface area contributed by atoms with Crippen LogP contribution < -0.4 is 4.90 Å². The van der Waals surface area contributed by atoms with Crippen molar-refractivity contribution in [2.24, 2.45) is 0 Å². The Morgan fingerprint density at radius 1 is 0.368 bits per heavy atom. The highest BCUT2D eigenvalue weighted by atomic mass is 16.3. The molecule has 0 amide bonds. The number of furan rings is 1. The molecule has 0 aliphatic rings. The lowest BCUT2D eigenvalue weighted by Crippen LogP contribution is -2.09. The van der Waals surface area contributed by atoms with Crippen LogP contribution in [-0.2, 0) is 0 Å². The van der Waals surface area contributed by atoms with Crippen molar-refractivity contribution in [2.45, 2.75) is 0 Å². The van der Waals surface area contributed by atoms with E-state index in [0.717, 1.165) is 94.4 Å². The van der Waals surface area contributed by atoms with E-state index in [9.17, 15) is 0 Å². The van der Waals surface area contributed by atoms with Crippen molar-refractivity contribution < 1.29 is 8.83 Å². The molecule has 0 fully saturated rings. The SMILES string of the molecule is c1ccc(-c2nc3c(-c4ccc5oc6c(-c7ccc(-c8ccc(N(c9ccccc9)c9ccccc9)cc8)cc7)c7ccccc7cc6c5c4)cccc3o2)cc1. The molecule has 0 saturated heterocycles. The highest BCUT2D eigenvalue weighted by Crippen LogP contribution is 2.43. The highest BCUT2D eigenvalue weighted by molar-refractivity contribution is 6.19. The zero-order valence-corrected chi connectivity index (χ0v) is 30.8. The van der Waals surface area contributed by atoms with Crippen molar-refractivity contribution in [1.82, 2.24) is 4.98 Å². The van der Waals surface area contributed by atoms with E-state index in [0.29, 0.717) is 5.89 Å². The standard InChI is InChI=1S/C53H34N2O2/c1-4-13-38(14-5-1)53-54-51-45(21-12-22-49(51)57-53)40-29-32-48-46(33-40)47-34-39-15-10-11-20-44(39)50(52(47)56-48)37-25-23-35(24-26-37)36-27-30-43(31-28-36)55(41-16-6-2-7-17-41)42-18-8-3-9-19-42/h1-34H. The van der Waals surface area contributed by atoms with E-state index in [-0.39, 0.29) is 0 Å². The van der Waals surface area contributed by atoms with Crippen LogP contribution in [-0.4, -0.2) is 4.98 Å². The fraction of sp³-hybridized carbons (Fsp3) is 0. The summed E-state index contributed by atoms with van der Waals surface area (Å²) in [5.41, 5.74) is 14.2. The van der Waals surface area contributed by atoms with Crippen LogP contribution in [0.3, 0.4) is 0 Å². The van der Waals surface area contributed by atoms with E-state index in [4.69, 9.17) is 13.8 Å². The molecule has 0 saturated carbocycles. The van der Waals surface area contributed by atoms with Crippen molar-refractivity contribution in [3.63, 3.8) is 0 Å². The molecule has 4 heteroatoms. The first-order chi connectivity index (χ1) is 28.2. The first-order valence-corrected chi connectivity index (χ1v) is 19.2. The second-order valence-corrected chi connectivity index (χ2v) is 14.3. The monoisotopic (exact) mass is 730 g/mol. The second-order valence-electron chi connectivity index (χ2n) is 14.3. The maximum absolute atomic E-state index is 6.77. The normalized spacial score (nSPS) is 11.5. The number of hydrogen-bond donors (Lipinski definition) is 0. The highest BCUT2D eigenvalue weighted by Gasteiger charge is 2.19. The Labute approximate surface area is 329 Å². The van der Waals surface area contributed by atoms with Gasteiger partial charge >= 0.3 is 0 Å². The quantitative estimate of drug-likeness (QED) is 0.164. The molecule has 9 aromatic carbocycles. The summed E-state index contributed by atoms with van der Waals surface area (Å²) in [4.78, 5) is 7.24. The van der Waals surface area contributed by atoms with Gasteiger partial charge in [-0.3, -0.25) is 0 Å². The van der Waals surface area contributed by atoms with Gasteiger partial charge in [-0.2, -0.15) is 0 Å². The van der Waals surface area contributed by atoms with Crippen molar-refractivity contribution in [1.29, 1.82) is 0 Å². The van der Waals surface area contributed by atoms with Crippen LogP contribution in [0.25, 0.3) is 88.6 Å². The predicted molar refractivity (Wildman–Crippen MR) is 235 cm³/mol. The third kappa shape index (κ3) is 5.74. The number of benzene rings is 9. The molecule has 0 atom stereocenters. The molecule has 11 rings (SSSR count). The average molecular weight is 731 g/mol. The van der Waals surface area contributed by atoms with Crippen LogP contribution in [0.4, 0.5) is 17.1 Å². The van der Waals surface area contributed by atoms with Gasteiger partial charge in [-0.15, -0.1) is 0 Å². The third-order valence-corrected chi connectivity index (χ3v) is 10.9. The molecule has 0 radical (unpaired) electrons. The van der Waals surface area contributed by atoms with Gasteiger partial charge in [0.2, 0.25) is 5.89 Å². The van der Waals surface area contributed by atoms with Crippen molar-refractivity contribution in [3.05, 3.63) is 206 Å². The number of para-hydroxylation sites is 3. The molecular formula is C53H34N2O2. The molecule has 268 valence electrons. The molecule has 0 aliphatic heterocycles. The topological polar surface area (TPSA) is 42.4 Å². The number of rotatable bonds is 7. The minimum atomic E-state index is 0.616. The van der Waals surface area contributed by atoms with Gasteiger partial charge in [-0.05, 0) is 106 Å². The lowest BCUT2D eigenvalue weighted by atomic mass is 9.93. The maximum Gasteiger partial charge on any atom is 0.227 e. The number of oxazole rings is 1. The number of aromatic nitrogens is 1. The minimum absolute atomic E-state index is 0.616. The van der Waals surface area contributed by atoms with Gasteiger partial charge in [-0.25, -0.2) is 4.98 Å². The van der Waals surface area contributed by atoms with E-state index >= 15 is 0 Å². The van der Waals surface area contributed by atoms with Gasteiger partial charge in [0.05, 0.1) is 0 Å². The van der Waals surface area contributed by atoms with E-state index in [2.05, 4.69) is 169 Å². The van der Waals surface area contributed by atoms with E-state index in [1.54, 1.807) is 0 Å². The first-order valence-electron chi connectivity index (χ1n) is 19.2. The lowest BCUT2D eigenvalue weighted by molar-refractivity contribution is 0.620. The summed E-state index contributed by atoms with van der Waals surface area (Å²) in [7, 11) is 0.